The number of nitrogens with zero attached hydrogens (tertiary/aromatic N) is 1. The first kappa shape index (κ1) is 14.9. The van der Waals surface area contributed by atoms with Gasteiger partial charge in [-0.05, 0) is 24.9 Å². The van der Waals surface area contributed by atoms with Crippen LogP contribution in [0.4, 0.5) is 0 Å². The third kappa shape index (κ3) is 3.95. The van der Waals surface area contributed by atoms with Crippen LogP contribution >= 0.6 is 0 Å². The first-order valence-corrected chi connectivity index (χ1v) is 6.76. The summed E-state index contributed by atoms with van der Waals surface area (Å²) in [5, 5.41) is 0. The lowest BCUT2D eigenvalue weighted by molar-refractivity contribution is -0.112. The highest BCUT2D eigenvalue weighted by Gasteiger charge is 2.28. The van der Waals surface area contributed by atoms with E-state index in [4.69, 9.17) is 0 Å². The van der Waals surface area contributed by atoms with Crippen LogP contribution in [0.15, 0.2) is 30.3 Å². The molecule has 0 amide bonds. The number of carbonyl (C=O) groups excluding carboxylic acids is 1. The molecular weight excluding hydrogens is 222 g/mol. The zero-order valence-electron chi connectivity index (χ0n) is 12.0. The van der Waals surface area contributed by atoms with Gasteiger partial charge in [0.15, 0.2) is 0 Å². The average molecular weight is 247 g/mol. The number of likely N-dealkylation sites (N-methyl/N-ethyl adjacent to an activating group) is 1. The molecule has 1 aromatic rings. The molecule has 2 nitrogen and oxygen atoms in total. The van der Waals surface area contributed by atoms with Crippen molar-refractivity contribution in [3.05, 3.63) is 35.9 Å². The van der Waals surface area contributed by atoms with Crippen molar-refractivity contribution in [3.8, 4) is 0 Å². The van der Waals surface area contributed by atoms with Gasteiger partial charge in [-0.3, -0.25) is 0 Å². The Balaban J connectivity index is 2.85. The zero-order chi connectivity index (χ0) is 13.6. The van der Waals surface area contributed by atoms with Crippen molar-refractivity contribution in [1.82, 2.24) is 4.90 Å². The standard InChI is InChI=1S/C16H25NO/c1-5-17(11-14(2)3)12-16(4,13-18)15-9-7-6-8-10-15/h6-10,13-14H,5,11-12H2,1-4H3. The fourth-order valence-electron chi connectivity index (χ4n) is 2.30. The lowest BCUT2D eigenvalue weighted by atomic mass is 9.83. The minimum atomic E-state index is -0.411. The van der Waals surface area contributed by atoms with Crippen LogP contribution in [0.25, 0.3) is 0 Å². The van der Waals surface area contributed by atoms with Crippen molar-refractivity contribution in [1.29, 1.82) is 0 Å². The third-order valence-corrected chi connectivity index (χ3v) is 3.32. The van der Waals surface area contributed by atoms with Crippen LogP contribution in [0.3, 0.4) is 0 Å². The SMILES string of the molecule is CCN(CC(C)C)CC(C)(C=O)c1ccccc1. The molecule has 0 fully saturated rings. The Morgan fingerprint density at radius 3 is 2.33 bits per heavy atom. The minimum Gasteiger partial charge on any atom is -0.302 e. The van der Waals surface area contributed by atoms with E-state index < -0.39 is 5.41 Å². The molecule has 2 heteroatoms. The highest BCUT2D eigenvalue weighted by atomic mass is 16.1. The highest BCUT2D eigenvalue weighted by molar-refractivity contribution is 5.68. The van der Waals surface area contributed by atoms with Crippen molar-refractivity contribution < 1.29 is 4.79 Å². The molecule has 1 atom stereocenters. The van der Waals surface area contributed by atoms with E-state index in [1.807, 2.05) is 37.3 Å². The molecule has 100 valence electrons. The van der Waals surface area contributed by atoms with Gasteiger partial charge in [0.05, 0.1) is 5.41 Å². The van der Waals surface area contributed by atoms with Gasteiger partial charge >= 0.3 is 0 Å². The van der Waals surface area contributed by atoms with Crippen LogP contribution in [0.2, 0.25) is 0 Å². The van der Waals surface area contributed by atoms with E-state index in [0.717, 1.165) is 31.5 Å². The summed E-state index contributed by atoms with van der Waals surface area (Å²) in [6.07, 6.45) is 1.09. The average Bonchev–Trinajstić information content (AvgIpc) is 2.38. The Kier molecular flexibility index (Phi) is 5.54. The van der Waals surface area contributed by atoms with Crippen molar-refractivity contribution >= 4 is 6.29 Å². The summed E-state index contributed by atoms with van der Waals surface area (Å²) in [7, 11) is 0. The quantitative estimate of drug-likeness (QED) is 0.690. The molecule has 0 aromatic heterocycles. The Bertz CT molecular complexity index is 361. The van der Waals surface area contributed by atoms with Crippen LogP contribution in [0, 0.1) is 5.92 Å². The molecule has 1 unspecified atom stereocenters. The topological polar surface area (TPSA) is 20.3 Å². The summed E-state index contributed by atoms with van der Waals surface area (Å²) >= 11 is 0. The zero-order valence-corrected chi connectivity index (χ0v) is 12.0. The summed E-state index contributed by atoms with van der Waals surface area (Å²) in [5.74, 6) is 0.622. The molecule has 0 saturated heterocycles. The fourth-order valence-corrected chi connectivity index (χ4v) is 2.30. The monoisotopic (exact) mass is 247 g/mol. The Hall–Kier alpha value is -1.15. The van der Waals surface area contributed by atoms with E-state index in [9.17, 15) is 4.79 Å². The molecule has 0 aliphatic rings. The smallest absolute Gasteiger partial charge is 0.131 e. The molecule has 0 saturated carbocycles. The first-order chi connectivity index (χ1) is 8.51. The largest absolute Gasteiger partial charge is 0.302 e. The van der Waals surface area contributed by atoms with Crippen molar-refractivity contribution in [2.75, 3.05) is 19.6 Å². The van der Waals surface area contributed by atoms with Gasteiger partial charge in [0.2, 0.25) is 0 Å². The van der Waals surface area contributed by atoms with Gasteiger partial charge in [0, 0.05) is 13.1 Å². The van der Waals surface area contributed by atoms with Gasteiger partial charge in [-0.25, -0.2) is 0 Å². The molecule has 0 spiro atoms. The second kappa shape index (κ2) is 6.69. The summed E-state index contributed by atoms with van der Waals surface area (Å²) < 4.78 is 0. The van der Waals surface area contributed by atoms with E-state index in [1.54, 1.807) is 0 Å². The van der Waals surface area contributed by atoms with Gasteiger partial charge in [-0.1, -0.05) is 51.1 Å². The Labute approximate surface area is 111 Å². The molecular formula is C16H25NO. The molecule has 0 N–H and O–H groups in total. The van der Waals surface area contributed by atoms with Crippen LogP contribution < -0.4 is 0 Å². The van der Waals surface area contributed by atoms with Crippen molar-refractivity contribution in [2.45, 2.75) is 33.1 Å². The number of rotatable bonds is 7. The molecule has 1 rings (SSSR count). The van der Waals surface area contributed by atoms with Crippen LogP contribution in [-0.2, 0) is 10.2 Å². The van der Waals surface area contributed by atoms with Gasteiger partial charge in [0.25, 0.3) is 0 Å². The van der Waals surface area contributed by atoms with Crippen LogP contribution in [0.5, 0.6) is 0 Å². The van der Waals surface area contributed by atoms with Crippen LogP contribution in [-0.4, -0.2) is 30.8 Å². The molecule has 1 aromatic carbocycles. The number of benzene rings is 1. The van der Waals surface area contributed by atoms with Crippen molar-refractivity contribution in [3.63, 3.8) is 0 Å². The summed E-state index contributed by atoms with van der Waals surface area (Å²) in [6.45, 7) is 11.4. The lowest BCUT2D eigenvalue weighted by Crippen LogP contribution is -2.41. The Morgan fingerprint density at radius 2 is 1.89 bits per heavy atom. The third-order valence-electron chi connectivity index (χ3n) is 3.32. The summed E-state index contributed by atoms with van der Waals surface area (Å²) in [6, 6.07) is 10.1. The fraction of sp³-hybridized carbons (Fsp3) is 0.562. The second-order valence-electron chi connectivity index (χ2n) is 5.62. The maximum absolute atomic E-state index is 11.5. The summed E-state index contributed by atoms with van der Waals surface area (Å²) in [4.78, 5) is 13.9. The number of carbonyl (C=O) groups is 1. The number of hydrogen-bond donors (Lipinski definition) is 0. The van der Waals surface area contributed by atoms with E-state index in [2.05, 4.69) is 25.7 Å². The van der Waals surface area contributed by atoms with Gasteiger partial charge in [0.1, 0.15) is 6.29 Å². The van der Waals surface area contributed by atoms with E-state index in [-0.39, 0.29) is 0 Å². The van der Waals surface area contributed by atoms with E-state index in [1.165, 1.54) is 0 Å². The number of hydrogen-bond acceptors (Lipinski definition) is 2. The molecule has 0 aliphatic carbocycles. The van der Waals surface area contributed by atoms with E-state index >= 15 is 0 Å². The molecule has 0 bridgehead atoms. The summed E-state index contributed by atoms with van der Waals surface area (Å²) in [5.41, 5.74) is 0.689. The number of aldehydes is 1. The van der Waals surface area contributed by atoms with E-state index in [0.29, 0.717) is 5.92 Å². The predicted octanol–water partition coefficient (Wildman–Crippen LogP) is 3.12. The lowest BCUT2D eigenvalue weighted by Gasteiger charge is -2.32. The Morgan fingerprint density at radius 1 is 1.28 bits per heavy atom. The normalized spacial score (nSPS) is 14.8. The van der Waals surface area contributed by atoms with Gasteiger partial charge < -0.3 is 9.69 Å². The molecule has 0 aliphatic heterocycles. The van der Waals surface area contributed by atoms with Crippen molar-refractivity contribution in [2.24, 2.45) is 5.92 Å². The van der Waals surface area contributed by atoms with Gasteiger partial charge in [-0.15, -0.1) is 0 Å². The molecule has 0 radical (unpaired) electrons. The maximum Gasteiger partial charge on any atom is 0.131 e. The molecule has 18 heavy (non-hydrogen) atoms. The van der Waals surface area contributed by atoms with Gasteiger partial charge in [-0.2, -0.15) is 0 Å². The maximum atomic E-state index is 11.5. The second-order valence-corrected chi connectivity index (χ2v) is 5.62. The van der Waals surface area contributed by atoms with Crippen LogP contribution in [0.1, 0.15) is 33.3 Å². The molecule has 0 heterocycles. The highest BCUT2D eigenvalue weighted by Crippen LogP contribution is 2.23. The predicted molar refractivity (Wildman–Crippen MR) is 76.8 cm³/mol. The minimum absolute atomic E-state index is 0.411. The first-order valence-electron chi connectivity index (χ1n) is 6.76.